The molecule has 1 unspecified atom stereocenters. The van der Waals surface area contributed by atoms with Gasteiger partial charge in [-0.1, -0.05) is 18.7 Å². The van der Waals surface area contributed by atoms with E-state index < -0.39 is 0 Å². The molecule has 78 valence electrons. The molecule has 0 fully saturated rings. The number of nitrogens with two attached hydrogens (primary N) is 1. The van der Waals surface area contributed by atoms with Crippen molar-refractivity contribution in [1.29, 1.82) is 5.41 Å². The van der Waals surface area contributed by atoms with Crippen molar-refractivity contribution in [3.05, 3.63) is 11.5 Å². The molecule has 0 bridgehead atoms. The summed E-state index contributed by atoms with van der Waals surface area (Å²) >= 11 is 1.49. The van der Waals surface area contributed by atoms with Crippen molar-refractivity contribution in [1.82, 2.24) is 4.98 Å². The third-order valence-corrected chi connectivity index (χ3v) is 3.08. The van der Waals surface area contributed by atoms with Gasteiger partial charge in [-0.2, -0.15) is 0 Å². The van der Waals surface area contributed by atoms with E-state index in [9.17, 15) is 0 Å². The fraction of sp³-hybridized carbons (Fsp3) is 0.556. The van der Waals surface area contributed by atoms with Crippen LogP contribution in [0.2, 0.25) is 0 Å². The first-order chi connectivity index (χ1) is 6.50. The Morgan fingerprint density at radius 3 is 2.71 bits per heavy atom. The summed E-state index contributed by atoms with van der Waals surface area (Å²) in [5.74, 6) is 1.85. The average Bonchev–Trinajstić information content (AvgIpc) is 2.42. The molecule has 1 aromatic rings. The number of hydrogen-bond donors (Lipinski definition) is 2. The van der Waals surface area contributed by atoms with Crippen LogP contribution < -0.4 is 5.73 Å². The molecule has 0 saturated heterocycles. The second-order valence-corrected chi connectivity index (χ2v) is 4.26. The number of amidine groups is 1. The molecule has 14 heavy (non-hydrogen) atoms. The van der Waals surface area contributed by atoms with Gasteiger partial charge in [0.25, 0.3) is 5.22 Å². The second kappa shape index (κ2) is 4.50. The van der Waals surface area contributed by atoms with Crippen LogP contribution in [0.3, 0.4) is 0 Å². The first-order valence-electron chi connectivity index (χ1n) is 4.41. The Morgan fingerprint density at radius 2 is 2.29 bits per heavy atom. The van der Waals surface area contributed by atoms with Crippen LogP contribution in [0.25, 0.3) is 0 Å². The standard InChI is InChI=1S/C9H15N3OS/c1-5(8(10)11)4-14-9-12-6(2)7(3)13-9/h5H,4H2,1-3H3,(H3,10,11). The van der Waals surface area contributed by atoms with E-state index in [-0.39, 0.29) is 11.8 Å². The smallest absolute Gasteiger partial charge is 0.256 e. The van der Waals surface area contributed by atoms with Crippen molar-refractivity contribution in [3.8, 4) is 0 Å². The molecule has 3 N–H and O–H groups in total. The topological polar surface area (TPSA) is 75.9 Å². The number of hydrogen-bond acceptors (Lipinski definition) is 4. The lowest BCUT2D eigenvalue weighted by atomic mass is 10.2. The zero-order chi connectivity index (χ0) is 10.7. The number of nitrogens with one attached hydrogen (secondary N) is 1. The number of aromatic nitrogens is 1. The fourth-order valence-corrected chi connectivity index (χ4v) is 1.75. The molecule has 4 nitrogen and oxygen atoms in total. The lowest BCUT2D eigenvalue weighted by Gasteiger charge is -2.05. The Bertz CT molecular complexity index is 315. The molecule has 1 heterocycles. The van der Waals surface area contributed by atoms with E-state index in [2.05, 4.69) is 4.98 Å². The van der Waals surface area contributed by atoms with E-state index in [1.807, 2.05) is 20.8 Å². The summed E-state index contributed by atoms with van der Waals surface area (Å²) in [6.45, 7) is 5.72. The van der Waals surface area contributed by atoms with E-state index in [1.54, 1.807) is 0 Å². The highest BCUT2D eigenvalue weighted by molar-refractivity contribution is 7.99. The minimum Gasteiger partial charge on any atom is -0.437 e. The lowest BCUT2D eigenvalue weighted by molar-refractivity contribution is 0.431. The largest absolute Gasteiger partial charge is 0.437 e. The first-order valence-corrected chi connectivity index (χ1v) is 5.40. The molecular formula is C9H15N3OS. The van der Waals surface area contributed by atoms with Gasteiger partial charge in [-0.3, -0.25) is 5.41 Å². The van der Waals surface area contributed by atoms with E-state index in [4.69, 9.17) is 15.6 Å². The molecule has 0 saturated carbocycles. The highest BCUT2D eigenvalue weighted by Crippen LogP contribution is 2.22. The predicted molar refractivity (Wildman–Crippen MR) is 57.8 cm³/mol. The zero-order valence-corrected chi connectivity index (χ0v) is 9.44. The van der Waals surface area contributed by atoms with Gasteiger partial charge in [0.05, 0.1) is 11.5 Å². The third kappa shape index (κ3) is 2.77. The predicted octanol–water partition coefficient (Wildman–Crippen LogP) is 1.96. The molecule has 1 aromatic heterocycles. The van der Waals surface area contributed by atoms with Crippen LogP contribution in [-0.4, -0.2) is 16.6 Å². The Balaban J connectivity index is 2.50. The summed E-state index contributed by atoms with van der Waals surface area (Å²) in [5, 5.41) is 7.89. The molecule has 0 radical (unpaired) electrons. The minimum absolute atomic E-state index is 0.0625. The van der Waals surface area contributed by atoms with Crippen molar-refractivity contribution in [3.63, 3.8) is 0 Å². The maximum absolute atomic E-state index is 7.23. The van der Waals surface area contributed by atoms with Crippen molar-refractivity contribution in [2.45, 2.75) is 26.0 Å². The van der Waals surface area contributed by atoms with E-state index in [0.717, 1.165) is 17.2 Å². The Labute approximate surface area is 87.8 Å². The summed E-state index contributed by atoms with van der Waals surface area (Å²) in [5.41, 5.74) is 6.27. The van der Waals surface area contributed by atoms with Crippen LogP contribution in [-0.2, 0) is 0 Å². The average molecular weight is 213 g/mol. The van der Waals surface area contributed by atoms with Crippen LogP contribution in [0.15, 0.2) is 9.64 Å². The number of rotatable bonds is 4. The van der Waals surface area contributed by atoms with E-state index in [0.29, 0.717) is 5.22 Å². The summed E-state index contributed by atoms with van der Waals surface area (Å²) in [6, 6.07) is 0. The summed E-state index contributed by atoms with van der Waals surface area (Å²) in [4.78, 5) is 4.23. The normalized spacial score (nSPS) is 12.8. The molecule has 0 aliphatic carbocycles. The zero-order valence-electron chi connectivity index (χ0n) is 8.63. The lowest BCUT2D eigenvalue weighted by Crippen LogP contribution is -2.21. The molecule has 0 aromatic carbocycles. The van der Waals surface area contributed by atoms with Crippen LogP contribution in [0.1, 0.15) is 18.4 Å². The van der Waals surface area contributed by atoms with Crippen molar-refractivity contribution in [2.75, 3.05) is 5.75 Å². The van der Waals surface area contributed by atoms with Gasteiger partial charge in [-0.15, -0.1) is 0 Å². The van der Waals surface area contributed by atoms with Crippen molar-refractivity contribution >= 4 is 17.6 Å². The summed E-state index contributed by atoms with van der Waals surface area (Å²) in [7, 11) is 0. The SMILES string of the molecule is Cc1nc(SCC(C)C(=N)N)oc1C. The van der Waals surface area contributed by atoms with Gasteiger partial charge in [0, 0.05) is 11.7 Å². The van der Waals surface area contributed by atoms with Gasteiger partial charge < -0.3 is 10.2 Å². The van der Waals surface area contributed by atoms with Crippen LogP contribution in [0, 0.1) is 25.2 Å². The highest BCUT2D eigenvalue weighted by Gasteiger charge is 2.10. The number of thioether (sulfide) groups is 1. The minimum atomic E-state index is 0.0625. The van der Waals surface area contributed by atoms with Gasteiger partial charge in [-0.25, -0.2) is 4.98 Å². The maximum atomic E-state index is 7.23. The Kier molecular flexibility index (Phi) is 3.57. The Hall–Kier alpha value is -0.970. The molecular weight excluding hydrogens is 198 g/mol. The van der Waals surface area contributed by atoms with Gasteiger partial charge in [-0.05, 0) is 13.8 Å². The molecule has 0 aliphatic heterocycles. The van der Waals surface area contributed by atoms with Crippen molar-refractivity contribution in [2.24, 2.45) is 11.7 Å². The Morgan fingerprint density at radius 1 is 1.64 bits per heavy atom. The van der Waals surface area contributed by atoms with Gasteiger partial charge in [0.15, 0.2) is 0 Å². The molecule has 1 atom stereocenters. The summed E-state index contributed by atoms with van der Waals surface area (Å²) < 4.78 is 5.38. The number of aryl methyl sites for hydroxylation is 2. The van der Waals surface area contributed by atoms with Crippen LogP contribution in [0.4, 0.5) is 0 Å². The van der Waals surface area contributed by atoms with Gasteiger partial charge in [0.2, 0.25) is 0 Å². The molecule has 5 heteroatoms. The van der Waals surface area contributed by atoms with E-state index in [1.165, 1.54) is 11.8 Å². The maximum Gasteiger partial charge on any atom is 0.256 e. The van der Waals surface area contributed by atoms with Crippen LogP contribution in [0.5, 0.6) is 0 Å². The molecule has 0 aliphatic rings. The molecule has 1 rings (SSSR count). The van der Waals surface area contributed by atoms with Gasteiger partial charge in [0.1, 0.15) is 5.76 Å². The second-order valence-electron chi connectivity index (χ2n) is 3.29. The van der Waals surface area contributed by atoms with Gasteiger partial charge >= 0.3 is 0 Å². The molecule has 0 amide bonds. The molecule has 0 spiro atoms. The monoisotopic (exact) mass is 213 g/mol. The number of nitrogens with zero attached hydrogens (tertiary/aromatic N) is 1. The highest BCUT2D eigenvalue weighted by atomic mass is 32.2. The summed E-state index contributed by atoms with van der Waals surface area (Å²) in [6.07, 6.45) is 0. The third-order valence-electron chi connectivity index (χ3n) is 2.00. The van der Waals surface area contributed by atoms with Crippen LogP contribution >= 0.6 is 11.8 Å². The van der Waals surface area contributed by atoms with Crippen molar-refractivity contribution < 1.29 is 4.42 Å². The first kappa shape index (κ1) is 11.1. The number of oxazole rings is 1. The van der Waals surface area contributed by atoms with E-state index >= 15 is 0 Å². The fourth-order valence-electron chi connectivity index (χ4n) is 0.791. The quantitative estimate of drug-likeness (QED) is 0.455.